The normalized spacial score (nSPS) is 13.1. The number of fused-ring (bicyclic) bond motifs is 9. The lowest BCUT2D eigenvalue weighted by atomic mass is 9.82. The Morgan fingerprint density at radius 1 is 0.400 bits per heavy atom. The SMILES string of the molecule is CC1(C)c2ccccc2-c2ccc(-n3c4ccccc4c4cc(-c5ccc(N(c6ccccc6)c6cc7ccccc7c7ccccc67)cc5)ccc43)cc21. The molecular formula is C53H38N2. The monoisotopic (exact) mass is 702 g/mol. The first kappa shape index (κ1) is 31.6. The molecule has 0 aliphatic heterocycles. The van der Waals surface area contributed by atoms with E-state index in [0.29, 0.717) is 0 Å². The third kappa shape index (κ3) is 4.81. The van der Waals surface area contributed by atoms with Gasteiger partial charge in [-0.25, -0.2) is 0 Å². The molecular weight excluding hydrogens is 665 g/mol. The Morgan fingerprint density at radius 3 is 1.85 bits per heavy atom. The van der Waals surface area contributed by atoms with Gasteiger partial charge in [-0.2, -0.15) is 0 Å². The highest BCUT2D eigenvalue weighted by Crippen LogP contribution is 2.50. The molecule has 55 heavy (non-hydrogen) atoms. The highest BCUT2D eigenvalue weighted by atomic mass is 15.1. The van der Waals surface area contributed by atoms with Crippen LogP contribution in [0.4, 0.5) is 17.1 Å². The highest BCUT2D eigenvalue weighted by molar-refractivity contribution is 6.15. The summed E-state index contributed by atoms with van der Waals surface area (Å²) in [5.41, 5.74) is 14.9. The molecule has 0 atom stereocenters. The van der Waals surface area contributed by atoms with Gasteiger partial charge in [-0.3, -0.25) is 0 Å². The molecule has 0 amide bonds. The van der Waals surface area contributed by atoms with Gasteiger partial charge in [0.2, 0.25) is 0 Å². The molecule has 0 spiro atoms. The van der Waals surface area contributed by atoms with Crippen molar-refractivity contribution in [2.75, 3.05) is 4.90 Å². The fourth-order valence-electron chi connectivity index (χ4n) is 9.29. The molecule has 0 fully saturated rings. The van der Waals surface area contributed by atoms with Gasteiger partial charge in [-0.1, -0.05) is 147 Å². The number of rotatable bonds is 5. The molecule has 10 aromatic rings. The van der Waals surface area contributed by atoms with Crippen molar-refractivity contribution < 1.29 is 0 Å². The van der Waals surface area contributed by atoms with Crippen LogP contribution < -0.4 is 4.90 Å². The third-order valence-corrected chi connectivity index (χ3v) is 12.0. The standard InChI is InChI=1S/C53H38N2/c1-53(2)48-22-12-10-19-43(48)44-30-29-40(34-49(44)53)55-50-23-13-11-21-46(50)47-32-36(26-31-51(47)55)35-24-27-39(28-25-35)54(38-15-4-3-5-16-38)52-33-37-14-6-7-17-41(37)42-18-8-9-20-45(42)52/h3-34H,1-2H3. The van der Waals surface area contributed by atoms with Gasteiger partial charge in [0.05, 0.1) is 16.7 Å². The summed E-state index contributed by atoms with van der Waals surface area (Å²) < 4.78 is 2.45. The molecule has 2 heteroatoms. The second-order valence-electron chi connectivity index (χ2n) is 15.4. The van der Waals surface area contributed by atoms with E-state index in [4.69, 9.17) is 0 Å². The maximum Gasteiger partial charge on any atom is 0.0546 e. The predicted octanol–water partition coefficient (Wildman–Crippen LogP) is 14.5. The molecule has 11 rings (SSSR count). The number of hydrogen-bond acceptors (Lipinski definition) is 1. The van der Waals surface area contributed by atoms with Crippen LogP contribution in [0.25, 0.3) is 71.3 Å². The van der Waals surface area contributed by atoms with Gasteiger partial charge in [-0.05, 0) is 110 Å². The molecule has 0 saturated heterocycles. The summed E-state index contributed by atoms with van der Waals surface area (Å²) in [4.78, 5) is 2.39. The van der Waals surface area contributed by atoms with E-state index in [0.717, 1.165) is 11.4 Å². The maximum atomic E-state index is 2.45. The molecule has 0 N–H and O–H groups in total. The minimum Gasteiger partial charge on any atom is -0.310 e. The summed E-state index contributed by atoms with van der Waals surface area (Å²) in [5, 5.41) is 7.51. The van der Waals surface area contributed by atoms with Crippen LogP contribution in [0.1, 0.15) is 25.0 Å². The number of aromatic nitrogens is 1. The average Bonchev–Trinajstić information content (AvgIpc) is 3.69. The summed E-state index contributed by atoms with van der Waals surface area (Å²) in [7, 11) is 0. The van der Waals surface area contributed by atoms with Crippen LogP contribution in [-0.2, 0) is 5.41 Å². The third-order valence-electron chi connectivity index (χ3n) is 12.0. The van der Waals surface area contributed by atoms with Gasteiger partial charge in [0.25, 0.3) is 0 Å². The lowest BCUT2D eigenvalue weighted by Crippen LogP contribution is -2.15. The first-order valence-electron chi connectivity index (χ1n) is 19.2. The molecule has 260 valence electrons. The predicted molar refractivity (Wildman–Crippen MR) is 233 cm³/mol. The molecule has 1 heterocycles. The van der Waals surface area contributed by atoms with Gasteiger partial charge in [0, 0.05) is 38.6 Å². The summed E-state index contributed by atoms with van der Waals surface area (Å²) in [6, 6.07) is 71.3. The quantitative estimate of drug-likeness (QED) is 0.162. The molecule has 0 radical (unpaired) electrons. The van der Waals surface area contributed by atoms with Crippen molar-refractivity contribution in [3.8, 4) is 27.9 Å². The van der Waals surface area contributed by atoms with E-state index in [2.05, 4.69) is 217 Å². The Morgan fingerprint density at radius 2 is 1.02 bits per heavy atom. The van der Waals surface area contributed by atoms with E-state index in [-0.39, 0.29) is 5.41 Å². The molecule has 0 saturated carbocycles. The topological polar surface area (TPSA) is 8.17 Å². The second kappa shape index (κ2) is 12.1. The van der Waals surface area contributed by atoms with E-state index in [1.54, 1.807) is 0 Å². The fraction of sp³-hybridized carbons (Fsp3) is 0.0566. The van der Waals surface area contributed by atoms with Gasteiger partial charge >= 0.3 is 0 Å². The van der Waals surface area contributed by atoms with Gasteiger partial charge in [0.1, 0.15) is 0 Å². The zero-order valence-electron chi connectivity index (χ0n) is 30.9. The molecule has 9 aromatic carbocycles. The lowest BCUT2D eigenvalue weighted by Gasteiger charge is -2.27. The number of hydrogen-bond donors (Lipinski definition) is 0. The lowest BCUT2D eigenvalue weighted by molar-refractivity contribution is 0.660. The number of nitrogens with zero attached hydrogens (tertiary/aromatic N) is 2. The Kier molecular flexibility index (Phi) is 6.93. The van der Waals surface area contributed by atoms with Crippen molar-refractivity contribution in [1.82, 2.24) is 4.57 Å². The Hall–Kier alpha value is -6.90. The van der Waals surface area contributed by atoms with E-state index in [1.807, 2.05) is 0 Å². The van der Waals surface area contributed by atoms with Crippen LogP contribution in [-0.4, -0.2) is 4.57 Å². The van der Waals surface area contributed by atoms with Gasteiger partial charge in [0.15, 0.2) is 0 Å². The van der Waals surface area contributed by atoms with Crippen molar-refractivity contribution >= 4 is 60.4 Å². The molecule has 0 unspecified atom stereocenters. The molecule has 2 nitrogen and oxygen atoms in total. The van der Waals surface area contributed by atoms with Crippen LogP contribution in [0.5, 0.6) is 0 Å². The molecule has 1 aliphatic carbocycles. The largest absolute Gasteiger partial charge is 0.310 e. The van der Waals surface area contributed by atoms with Crippen LogP contribution in [0.2, 0.25) is 0 Å². The maximum absolute atomic E-state index is 2.45. The van der Waals surface area contributed by atoms with Gasteiger partial charge < -0.3 is 9.47 Å². The summed E-state index contributed by atoms with van der Waals surface area (Å²) in [6.45, 7) is 4.71. The van der Waals surface area contributed by atoms with E-state index in [9.17, 15) is 0 Å². The summed E-state index contributed by atoms with van der Waals surface area (Å²) in [5.74, 6) is 0. The van der Waals surface area contributed by atoms with Crippen molar-refractivity contribution in [3.63, 3.8) is 0 Å². The van der Waals surface area contributed by atoms with E-state index >= 15 is 0 Å². The van der Waals surface area contributed by atoms with Crippen molar-refractivity contribution in [3.05, 3.63) is 205 Å². The van der Waals surface area contributed by atoms with Crippen LogP contribution in [0.3, 0.4) is 0 Å². The Labute approximate surface area is 321 Å². The minimum atomic E-state index is -0.0580. The number of para-hydroxylation sites is 2. The van der Waals surface area contributed by atoms with Crippen LogP contribution >= 0.6 is 0 Å². The Balaban J connectivity index is 1.02. The van der Waals surface area contributed by atoms with E-state index < -0.39 is 0 Å². The average molecular weight is 703 g/mol. The minimum absolute atomic E-state index is 0.0580. The van der Waals surface area contributed by atoms with Crippen molar-refractivity contribution in [1.29, 1.82) is 0 Å². The van der Waals surface area contributed by atoms with Crippen molar-refractivity contribution in [2.24, 2.45) is 0 Å². The summed E-state index contributed by atoms with van der Waals surface area (Å²) in [6.07, 6.45) is 0. The molecule has 0 bridgehead atoms. The van der Waals surface area contributed by atoms with E-state index in [1.165, 1.54) is 88.1 Å². The van der Waals surface area contributed by atoms with Crippen LogP contribution in [0, 0.1) is 0 Å². The first-order chi connectivity index (χ1) is 27.0. The second-order valence-corrected chi connectivity index (χ2v) is 15.4. The van der Waals surface area contributed by atoms with Gasteiger partial charge in [-0.15, -0.1) is 0 Å². The van der Waals surface area contributed by atoms with Crippen molar-refractivity contribution in [2.45, 2.75) is 19.3 Å². The van der Waals surface area contributed by atoms with Crippen LogP contribution in [0.15, 0.2) is 194 Å². The number of anilines is 3. The zero-order valence-corrected chi connectivity index (χ0v) is 30.9. The molecule has 1 aromatic heterocycles. The zero-order chi connectivity index (χ0) is 36.7. The smallest absolute Gasteiger partial charge is 0.0546 e. The number of benzene rings is 9. The highest BCUT2D eigenvalue weighted by Gasteiger charge is 2.35. The summed E-state index contributed by atoms with van der Waals surface area (Å²) >= 11 is 0. The Bertz CT molecular complexity index is 3110. The first-order valence-corrected chi connectivity index (χ1v) is 19.2. The molecule has 1 aliphatic rings. The fourth-order valence-corrected chi connectivity index (χ4v) is 9.29.